The quantitative estimate of drug-likeness (QED) is 0.485. The van der Waals surface area contributed by atoms with E-state index in [-0.39, 0.29) is 42.7 Å². The summed E-state index contributed by atoms with van der Waals surface area (Å²) in [6.45, 7) is 2.99. The molecule has 0 aliphatic carbocycles. The Morgan fingerprint density at radius 2 is 1.76 bits per heavy atom. The molecule has 0 saturated carbocycles. The van der Waals surface area contributed by atoms with E-state index in [0.29, 0.717) is 28.9 Å². The van der Waals surface area contributed by atoms with Crippen LogP contribution in [0.2, 0.25) is 5.02 Å². The van der Waals surface area contributed by atoms with Crippen LogP contribution in [0.15, 0.2) is 41.3 Å². The lowest BCUT2D eigenvalue weighted by Gasteiger charge is -2.43. The fraction of sp³-hybridized carbons (Fsp3) is 0.480. The number of ether oxygens (including phenoxy) is 1. The second-order valence-corrected chi connectivity index (χ2v) is 12.3. The number of sulfonamides is 1. The molecule has 4 atom stereocenters. The lowest BCUT2D eigenvalue weighted by Crippen LogP contribution is -2.62. The molecular formula is C25H26ClF3N4O7S. The second kappa shape index (κ2) is 11.0. The van der Waals surface area contributed by atoms with Gasteiger partial charge >= 0.3 is 12.1 Å². The van der Waals surface area contributed by atoms with Crippen molar-refractivity contribution in [2.24, 2.45) is 0 Å². The molecule has 222 valence electrons. The van der Waals surface area contributed by atoms with E-state index in [4.69, 9.17) is 16.3 Å². The zero-order valence-corrected chi connectivity index (χ0v) is 23.2. The van der Waals surface area contributed by atoms with E-state index in [1.165, 1.54) is 31.2 Å². The van der Waals surface area contributed by atoms with Crippen molar-refractivity contribution in [1.82, 2.24) is 19.6 Å². The van der Waals surface area contributed by atoms with Crippen molar-refractivity contribution in [2.75, 3.05) is 32.7 Å². The molecule has 2 bridgehead atoms. The van der Waals surface area contributed by atoms with Crippen LogP contribution in [0, 0.1) is 0 Å². The van der Waals surface area contributed by atoms with Crippen LogP contribution in [-0.4, -0.2) is 104 Å². The Morgan fingerprint density at radius 3 is 2.41 bits per heavy atom. The molecule has 3 saturated heterocycles. The zero-order chi connectivity index (χ0) is 29.7. The van der Waals surface area contributed by atoms with Crippen LogP contribution in [0.1, 0.15) is 13.3 Å². The maximum atomic E-state index is 13.6. The van der Waals surface area contributed by atoms with Crippen molar-refractivity contribution in [3.05, 3.63) is 41.4 Å². The zero-order valence-electron chi connectivity index (χ0n) is 21.6. The Balaban J connectivity index is 1.41. The number of carbonyl (C=O) groups excluding carboxylic acids is 3. The molecule has 1 N–H and O–H groups in total. The number of carbonyl (C=O) groups is 3. The number of hydrogen-bond acceptors (Lipinski definition) is 8. The molecule has 11 nitrogen and oxygen atoms in total. The molecule has 16 heteroatoms. The molecule has 3 unspecified atom stereocenters. The lowest BCUT2D eigenvalue weighted by molar-refractivity contribution is -0.226. The molecule has 2 amide bonds. The van der Waals surface area contributed by atoms with Crippen molar-refractivity contribution < 1.29 is 45.5 Å². The Hall–Kier alpha value is -2.98. The summed E-state index contributed by atoms with van der Waals surface area (Å²) in [4.78, 5) is 45.1. The van der Waals surface area contributed by atoms with Gasteiger partial charge < -0.3 is 24.7 Å². The van der Waals surface area contributed by atoms with Gasteiger partial charge in [0.2, 0.25) is 11.8 Å². The minimum absolute atomic E-state index is 0.152. The minimum Gasteiger partial charge on any atom is -0.369 e. The maximum absolute atomic E-state index is 13.6. The van der Waals surface area contributed by atoms with Gasteiger partial charge in [-0.2, -0.15) is 13.2 Å². The monoisotopic (exact) mass is 618 g/mol. The summed E-state index contributed by atoms with van der Waals surface area (Å²) in [6, 6.07) is 5.35. The first-order valence-electron chi connectivity index (χ1n) is 12.7. The van der Waals surface area contributed by atoms with E-state index in [1.807, 2.05) is 0 Å². The molecule has 0 radical (unpaired) electrons. The third-order valence-corrected chi connectivity index (χ3v) is 9.18. The highest BCUT2D eigenvalue weighted by Gasteiger charge is 2.51. The predicted octanol–water partition coefficient (Wildman–Crippen LogP) is 1.69. The summed E-state index contributed by atoms with van der Waals surface area (Å²) >= 11 is 5.97. The van der Waals surface area contributed by atoms with E-state index in [2.05, 4.69) is 10.2 Å². The molecular weight excluding hydrogens is 593 g/mol. The molecule has 3 heterocycles. The third kappa shape index (κ3) is 5.86. The molecule has 0 spiro atoms. The largest absolute Gasteiger partial charge is 0.492 e. The number of fused-ring (bicyclic) bond motifs is 3. The van der Waals surface area contributed by atoms with Crippen LogP contribution in [0.25, 0.3) is 10.8 Å². The van der Waals surface area contributed by atoms with Crippen LogP contribution >= 0.6 is 11.6 Å². The average Bonchev–Trinajstić information content (AvgIpc) is 3.29. The molecule has 3 aliphatic heterocycles. The average molecular weight is 619 g/mol. The minimum atomic E-state index is -5.54. The summed E-state index contributed by atoms with van der Waals surface area (Å²) in [5, 5.41) is 4.53. The molecule has 0 aromatic heterocycles. The number of likely N-dealkylation sites (tertiary alicyclic amines) is 1. The van der Waals surface area contributed by atoms with Gasteiger partial charge in [-0.3, -0.25) is 9.59 Å². The van der Waals surface area contributed by atoms with E-state index < -0.39 is 51.0 Å². The Labute approximate surface area is 238 Å². The molecule has 2 aromatic carbocycles. The van der Waals surface area contributed by atoms with Crippen LogP contribution < -0.4 is 5.32 Å². The number of benzene rings is 2. The van der Waals surface area contributed by atoms with Crippen molar-refractivity contribution >= 4 is 50.2 Å². The Kier molecular flexibility index (Phi) is 7.93. The molecule has 2 aromatic rings. The van der Waals surface area contributed by atoms with Crippen LogP contribution in [0.4, 0.5) is 13.2 Å². The number of hydrogen-bond donors (Lipinski definition) is 1. The normalized spacial score (nSPS) is 24.1. The molecule has 41 heavy (non-hydrogen) atoms. The van der Waals surface area contributed by atoms with E-state index >= 15 is 0 Å². The van der Waals surface area contributed by atoms with E-state index in [0.717, 1.165) is 11.0 Å². The van der Waals surface area contributed by atoms with Crippen molar-refractivity contribution in [2.45, 2.75) is 48.7 Å². The van der Waals surface area contributed by atoms with Gasteiger partial charge in [-0.05, 0) is 52.9 Å². The fourth-order valence-electron chi connectivity index (χ4n) is 5.27. The Bertz CT molecular complexity index is 1480. The van der Waals surface area contributed by atoms with Crippen LogP contribution in [-0.2, 0) is 34.0 Å². The van der Waals surface area contributed by atoms with Gasteiger partial charge in [0.15, 0.2) is 0 Å². The highest BCUT2D eigenvalue weighted by Crippen LogP contribution is 2.31. The molecule has 5 rings (SSSR count). The van der Waals surface area contributed by atoms with Gasteiger partial charge in [0.05, 0.1) is 17.1 Å². The lowest BCUT2D eigenvalue weighted by atomic mass is 10.1. The number of halogens is 4. The van der Waals surface area contributed by atoms with Gasteiger partial charge in [-0.1, -0.05) is 23.7 Å². The summed E-state index contributed by atoms with van der Waals surface area (Å²) in [5.74, 6) is -4.18. The number of rotatable bonds is 6. The first-order chi connectivity index (χ1) is 19.3. The molecule has 3 fully saturated rings. The number of morpholine rings is 2. The number of hydroxylamine groups is 1. The standard InChI is InChI=1S/C25H26ClF3N4O7S/c1-14(22(34)31-12-18-10-30-11-19(13-31)39-18)32-7-6-21(23(32)35)33(40-24(36)25(27,28)29)41(37,38)20-5-3-15-8-17(26)4-2-16(15)9-20/h2-5,8-9,14,18-19,21,30H,6-7,10-13H2,1H3/t14-,18?,19?,21?/m0/s1. The highest BCUT2D eigenvalue weighted by molar-refractivity contribution is 7.89. The highest BCUT2D eigenvalue weighted by atomic mass is 35.5. The van der Waals surface area contributed by atoms with Crippen LogP contribution in [0.3, 0.4) is 0 Å². The van der Waals surface area contributed by atoms with Gasteiger partial charge in [0.1, 0.15) is 12.1 Å². The first kappa shape index (κ1) is 29.5. The van der Waals surface area contributed by atoms with Gasteiger partial charge in [0.25, 0.3) is 10.0 Å². The number of nitrogens with one attached hydrogen (secondary N) is 1. The van der Waals surface area contributed by atoms with Crippen molar-refractivity contribution in [3.63, 3.8) is 0 Å². The van der Waals surface area contributed by atoms with Crippen molar-refractivity contribution in [3.8, 4) is 0 Å². The summed E-state index contributed by atoms with van der Waals surface area (Å²) in [5.41, 5.74) is 0. The fourth-order valence-corrected chi connectivity index (χ4v) is 6.87. The second-order valence-electron chi connectivity index (χ2n) is 10.1. The van der Waals surface area contributed by atoms with Gasteiger partial charge in [-0.25, -0.2) is 13.2 Å². The number of amides is 2. The maximum Gasteiger partial charge on any atom is 0.492 e. The van der Waals surface area contributed by atoms with Crippen molar-refractivity contribution in [1.29, 1.82) is 0 Å². The smallest absolute Gasteiger partial charge is 0.369 e. The summed E-state index contributed by atoms with van der Waals surface area (Å²) in [6.07, 6.45) is -6.30. The summed E-state index contributed by atoms with van der Waals surface area (Å²) < 4.78 is 72.3. The Morgan fingerprint density at radius 1 is 1.12 bits per heavy atom. The van der Waals surface area contributed by atoms with Gasteiger partial charge in [-0.15, -0.1) is 0 Å². The van der Waals surface area contributed by atoms with Crippen LogP contribution in [0.5, 0.6) is 0 Å². The molecule has 3 aliphatic rings. The topological polar surface area (TPSA) is 126 Å². The predicted molar refractivity (Wildman–Crippen MR) is 138 cm³/mol. The number of nitrogens with zero attached hydrogens (tertiary/aromatic N) is 3. The van der Waals surface area contributed by atoms with E-state index in [1.54, 1.807) is 11.0 Å². The van der Waals surface area contributed by atoms with Gasteiger partial charge in [0, 0.05) is 37.7 Å². The van der Waals surface area contributed by atoms with E-state index in [9.17, 15) is 36.0 Å². The third-order valence-electron chi connectivity index (χ3n) is 7.29. The number of alkyl halides is 3. The summed E-state index contributed by atoms with van der Waals surface area (Å²) in [7, 11) is -4.98. The first-order valence-corrected chi connectivity index (χ1v) is 14.6. The SMILES string of the molecule is C[C@@H](C(=O)N1CC2CNCC(C1)O2)N1CCC(N(OC(=O)C(F)(F)F)S(=O)(=O)c2ccc3cc(Cl)ccc3c2)C1=O.